The van der Waals surface area contributed by atoms with Crippen molar-refractivity contribution in [3.05, 3.63) is 29.7 Å². The van der Waals surface area contributed by atoms with Crippen LogP contribution < -0.4 is 14.8 Å². The first-order valence-electron chi connectivity index (χ1n) is 8.51. The molecule has 1 aliphatic heterocycles. The molecular weight excluding hydrogens is 342 g/mol. The van der Waals surface area contributed by atoms with Crippen LogP contribution in [0.15, 0.2) is 29.7 Å². The third kappa shape index (κ3) is 4.75. The van der Waals surface area contributed by atoms with Gasteiger partial charge in [-0.25, -0.2) is 8.42 Å². The second-order valence-electron chi connectivity index (χ2n) is 6.56. The van der Waals surface area contributed by atoms with Gasteiger partial charge in [-0.15, -0.1) is 0 Å². The Hall–Kier alpha value is -2.02. The van der Waals surface area contributed by atoms with E-state index < -0.39 is 9.84 Å². The molecule has 0 bridgehead atoms. The minimum atomic E-state index is -3.14. The minimum absolute atomic E-state index is 0.000919. The van der Waals surface area contributed by atoms with Crippen LogP contribution in [0.3, 0.4) is 0 Å². The zero-order valence-electron chi connectivity index (χ0n) is 14.2. The van der Waals surface area contributed by atoms with Crippen molar-refractivity contribution in [2.45, 2.75) is 38.2 Å². The Morgan fingerprint density at radius 1 is 1.24 bits per heavy atom. The Balaban J connectivity index is 1.63. The molecule has 6 nitrogen and oxygen atoms in total. The number of benzene rings is 1. The van der Waals surface area contributed by atoms with Crippen LogP contribution in [0.2, 0.25) is 0 Å². The Bertz CT molecular complexity index is 766. The van der Waals surface area contributed by atoms with Gasteiger partial charge in [-0.1, -0.05) is 6.08 Å². The molecule has 1 amide bonds. The molecule has 1 N–H and O–H groups in total. The SMILES string of the molecule is COc1ccc(NC(=O)CC2C=CS(=O)(=O)C2)cc1OC1CCCC1. The smallest absolute Gasteiger partial charge is 0.224 e. The number of nitrogens with one attached hydrogen (secondary N) is 1. The van der Waals surface area contributed by atoms with E-state index in [-0.39, 0.29) is 30.1 Å². The summed E-state index contributed by atoms with van der Waals surface area (Å²) >= 11 is 0. The number of carbonyl (C=O) groups excluding carboxylic acids is 1. The maximum atomic E-state index is 12.2. The van der Waals surface area contributed by atoms with Crippen molar-refractivity contribution in [3.63, 3.8) is 0 Å². The van der Waals surface area contributed by atoms with Gasteiger partial charge in [0.15, 0.2) is 21.3 Å². The maximum Gasteiger partial charge on any atom is 0.224 e. The second-order valence-corrected chi connectivity index (χ2v) is 8.49. The Morgan fingerprint density at radius 3 is 2.64 bits per heavy atom. The average molecular weight is 365 g/mol. The third-order valence-corrected chi connectivity index (χ3v) is 5.96. The number of allylic oxidation sites excluding steroid dienone is 1. The lowest BCUT2D eigenvalue weighted by Crippen LogP contribution is -2.18. The summed E-state index contributed by atoms with van der Waals surface area (Å²) in [6.45, 7) is 0. The van der Waals surface area contributed by atoms with Gasteiger partial charge in [-0.2, -0.15) is 0 Å². The molecule has 1 fully saturated rings. The third-order valence-electron chi connectivity index (χ3n) is 4.50. The molecule has 1 heterocycles. The molecule has 1 unspecified atom stereocenters. The fraction of sp³-hybridized carbons (Fsp3) is 0.500. The summed E-state index contributed by atoms with van der Waals surface area (Å²) in [6, 6.07) is 5.27. The van der Waals surface area contributed by atoms with Crippen molar-refractivity contribution in [1.29, 1.82) is 0 Å². The van der Waals surface area contributed by atoms with Crippen LogP contribution in [0.25, 0.3) is 0 Å². The number of carbonyl (C=O) groups is 1. The van der Waals surface area contributed by atoms with E-state index in [2.05, 4.69) is 5.32 Å². The highest BCUT2D eigenvalue weighted by molar-refractivity contribution is 7.94. The standard InChI is InChI=1S/C18H23NO5S/c1-23-16-7-6-14(11-17(16)24-15-4-2-3-5-15)19-18(20)10-13-8-9-25(21,22)12-13/h6-9,11,13,15H,2-5,10,12H2,1H3,(H,19,20). The summed E-state index contributed by atoms with van der Waals surface area (Å²) in [6.07, 6.45) is 6.30. The number of hydrogen-bond donors (Lipinski definition) is 1. The minimum Gasteiger partial charge on any atom is -0.493 e. The van der Waals surface area contributed by atoms with Gasteiger partial charge in [-0.3, -0.25) is 4.79 Å². The van der Waals surface area contributed by atoms with Gasteiger partial charge in [0.05, 0.1) is 19.0 Å². The highest BCUT2D eigenvalue weighted by Crippen LogP contribution is 2.34. The van der Waals surface area contributed by atoms with Crippen LogP contribution in [0.1, 0.15) is 32.1 Å². The lowest BCUT2D eigenvalue weighted by Gasteiger charge is -2.17. The summed E-state index contributed by atoms with van der Waals surface area (Å²) in [5, 5.41) is 4.00. The number of ether oxygens (including phenoxy) is 2. The number of sulfone groups is 1. The quantitative estimate of drug-likeness (QED) is 0.838. The van der Waals surface area contributed by atoms with Gasteiger partial charge in [-0.05, 0) is 37.8 Å². The topological polar surface area (TPSA) is 81.7 Å². The van der Waals surface area contributed by atoms with E-state index in [0.717, 1.165) is 12.8 Å². The highest BCUT2D eigenvalue weighted by atomic mass is 32.2. The van der Waals surface area contributed by atoms with Gasteiger partial charge < -0.3 is 14.8 Å². The van der Waals surface area contributed by atoms with Crippen molar-refractivity contribution in [2.24, 2.45) is 5.92 Å². The lowest BCUT2D eigenvalue weighted by atomic mass is 10.1. The predicted octanol–water partition coefficient (Wildman–Crippen LogP) is 2.90. The molecule has 0 spiro atoms. The molecule has 1 atom stereocenters. The molecule has 0 aromatic heterocycles. The largest absolute Gasteiger partial charge is 0.493 e. The summed E-state index contributed by atoms with van der Waals surface area (Å²) in [7, 11) is -1.55. The molecule has 7 heteroatoms. The van der Waals surface area contributed by atoms with Crippen LogP contribution in [0, 0.1) is 5.92 Å². The molecule has 1 aromatic carbocycles. The number of anilines is 1. The zero-order valence-corrected chi connectivity index (χ0v) is 15.1. The lowest BCUT2D eigenvalue weighted by molar-refractivity contribution is -0.116. The Labute approximate surface area is 148 Å². The van der Waals surface area contributed by atoms with Gasteiger partial charge >= 0.3 is 0 Å². The van der Waals surface area contributed by atoms with Crippen LogP contribution >= 0.6 is 0 Å². The molecule has 2 aliphatic rings. The van der Waals surface area contributed by atoms with E-state index in [4.69, 9.17) is 9.47 Å². The zero-order chi connectivity index (χ0) is 17.9. The predicted molar refractivity (Wildman–Crippen MR) is 95.5 cm³/mol. The van der Waals surface area contributed by atoms with Crippen LogP contribution in [0.5, 0.6) is 11.5 Å². The van der Waals surface area contributed by atoms with E-state index in [9.17, 15) is 13.2 Å². The van der Waals surface area contributed by atoms with E-state index in [1.165, 1.54) is 18.2 Å². The molecule has 0 radical (unpaired) electrons. The van der Waals surface area contributed by atoms with Crippen molar-refractivity contribution in [2.75, 3.05) is 18.2 Å². The Kier molecular flexibility index (Phi) is 5.32. The number of amides is 1. The van der Waals surface area contributed by atoms with Crippen LogP contribution in [-0.4, -0.2) is 33.3 Å². The summed E-state index contributed by atoms with van der Waals surface area (Å²) in [5.41, 5.74) is 0.614. The van der Waals surface area contributed by atoms with Gasteiger partial charge in [0, 0.05) is 29.5 Å². The van der Waals surface area contributed by atoms with Crippen molar-refractivity contribution < 1.29 is 22.7 Å². The van der Waals surface area contributed by atoms with Gasteiger partial charge in [0.25, 0.3) is 0 Å². The summed E-state index contributed by atoms with van der Waals surface area (Å²) in [4.78, 5) is 12.2. The maximum absolute atomic E-state index is 12.2. The van der Waals surface area contributed by atoms with E-state index in [1.807, 2.05) is 0 Å². The summed E-state index contributed by atoms with van der Waals surface area (Å²) in [5.74, 6) is 0.769. The van der Waals surface area contributed by atoms with Crippen molar-refractivity contribution >= 4 is 21.4 Å². The van der Waals surface area contributed by atoms with Crippen molar-refractivity contribution in [1.82, 2.24) is 0 Å². The molecule has 3 rings (SSSR count). The van der Waals surface area contributed by atoms with E-state index >= 15 is 0 Å². The number of hydrogen-bond acceptors (Lipinski definition) is 5. The average Bonchev–Trinajstić information content (AvgIpc) is 3.17. The molecule has 25 heavy (non-hydrogen) atoms. The van der Waals surface area contributed by atoms with Crippen LogP contribution in [0.4, 0.5) is 5.69 Å². The first-order chi connectivity index (χ1) is 11.9. The second kappa shape index (κ2) is 7.47. The molecule has 1 aliphatic carbocycles. The van der Waals surface area contributed by atoms with Gasteiger partial charge in [0.1, 0.15) is 0 Å². The summed E-state index contributed by atoms with van der Waals surface area (Å²) < 4.78 is 34.2. The fourth-order valence-electron chi connectivity index (χ4n) is 3.25. The Morgan fingerprint density at radius 2 is 2.00 bits per heavy atom. The molecule has 0 saturated heterocycles. The molecule has 1 aromatic rings. The molecule has 136 valence electrons. The molecule has 1 saturated carbocycles. The first-order valence-corrected chi connectivity index (χ1v) is 10.2. The monoisotopic (exact) mass is 365 g/mol. The van der Waals surface area contributed by atoms with E-state index in [1.54, 1.807) is 31.4 Å². The number of methoxy groups -OCH3 is 1. The van der Waals surface area contributed by atoms with Gasteiger partial charge in [0.2, 0.25) is 5.91 Å². The van der Waals surface area contributed by atoms with Crippen LogP contribution in [-0.2, 0) is 14.6 Å². The number of rotatable bonds is 6. The normalized spacial score (nSPS) is 22.0. The first kappa shape index (κ1) is 17.8. The van der Waals surface area contributed by atoms with E-state index in [0.29, 0.717) is 17.2 Å². The van der Waals surface area contributed by atoms with Crippen molar-refractivity contribution in [3.8, 4) is 11.5 Å². The fourth-order valence-corrected chi connectivity index (χ4v) is 4.65. The highest BCUT2D eigenvalue weighted by Gasteiger charge is 2.24. The molecular formula is C18H23NO5S.